The number of likely N-dealkylation sites (N-methyl/N-ethyl adjacent to an activating group) is 1. The lowest BCUT2D eigenvalue weighted by atomic mass is 10.2. The summed E-state index contributed by atoms with van der Waals surface area (Å²) in [6, 6.07) is 7.50. The minimum atomic E-state index is -1.03. The van der Waals surface area contributed by atoms with Gasteiger partial charge in [0.25, 0.3) is 0 Å². The van der Waals surface area contributed by atoms with Crippen LogP contribution < -0.4 is 10.2 Å². The second-order valence-electron chi connectivity index (χ2n) is 4.27. The van der Waals surface area contributed by atoms with Crippen molar-refractivity contribution in [2.24, 2.45) is 0 Å². The molecule has 5 nitrogen and oxygen atoms in total. The number of nitrogens with zero attached hydrogens (tertiary/aromatic N) is 2. The van der Waals surface area contributed by atoms with Crippen LogP contribution in [0, 0.1) is 0 Å². The Kier molecular flexibility index (Phi) is 3.49. The van der Waals surface area contributed by atoms with Gasteiger partial charge in [0, 0.05) is 37.6 Å². The third-order valence-electron chi connectivity index (χ3n) is 2.99. The van der Waals surface area contributed by atoms with E-state index in [9.17, 15) is 4.79 Å². The van der Waals surface area contributed by atoms with Gasteiger partial charge in [-0.05, 0) is 31.3 Å². The Morgan fingerprint density at radius 1 is 1.18 bits per heavy atom. The molecule has 0 aromatic heterocycles. The van der Waals surface area contributed by atoms with Crippen molar-refractivity contribution in [1.82, 2.24) is 4.90 Å². The SMILES string of the molecule is CN1CCN(c2ccc(NC(=O)O)cc2)CC1. The van der Waals surface area contributed by atoms with Gasteiger partial charge < -0.3 is 14.9 Å². The van der Waals surface area contributed by atoms with Gasteiger partial charge >= 0.3 is 6.09 Å². The number of rotatable bonds is 2. The van der Waals surface area contributed by atoms with Crippen molar-refractivity contribution in [3.63, 3.8) is 0 Å². The number of hydrogen-bond acceptors (Lipinski definition) is 3. The highest BCUT2D eigenvalue weighted by Crippen LogP contribution is 2.19. The molecule has 0 aliphatic carbocycles. The Balaban J connectivity index is 2.00. The van der Waals surface area contributed by atoms with Gasteiger partial charge in [0.1, 0.15) is 0 Å². The largest absolute Gasteiger partial charge is 0.465 e. The van der Waals surface area contributed by atoms with Crippen LogP contribution in [-0.2, 0) is 0 Å². The van der Waals surface area contributed by atoms with Crippen LogP contribution in [0.4, 0.5) is 16.2 Å². The molecular formula is C12H17N3O2. The molecular weight excluding hydrogens is 218 g/mol. The van der Waals surface area contributed by atoms with Crippen molar-refractivity contribution in [2.45, 2.75) is 0 Å². The number of nitrogens with one attached hydrogen (secondary N) is 1. The first-order chi connectivity index (χ1) is 8.15. The van der Waals surface area contributed by atoms with Gasteiger partial charge in [-0.1, -0.05) is 0 Å². The molecule has 5 heteroatoms. The van der Waals surface area contributed by atoms with Gasteiger partial charge in [-0.2, -0.15) is 0 Å². The second kappa shape index (κ2) is 5.05. The molecule has 0 saturated carbocycles. The molecule has 0 bridgehead atoms. The Morgan fingerprint density at radius 2 is 1.76 bits per heavy atom. The zero-order valence-corrected chi connectivity index (χ0v) is 9.89. The standard InChI is InChI=1S/C12H17N3O2/c1-14-6-8-15(9-7-14)11-4-2-10(3-5-11)13-12(16)17/h2-5,13H,6-9H2,1H3,(H,16,17). The first kappa shape index (κ1) is 11.7. The third-order valence-corrected chi connectivity index (χ3v) is 2.99. The molecule has 0 radical (unpaired) electrons. The fraction of sp³-hybridized carbons (Fsp3) is 0.417. The minimum Gasteiger partial charge on any atom is -0.465 e. The molecule has 2 N–H and O–H groups in total. The highest BCUT2D eigenvalue weighted by Gasteiger charge is 2.13. The van der Waals surface area contributed by atoms with Crippen LogP contribution in [0.25, 0.3) is 0 Å². The fourth-order valence-electron chi connectivity index (χ4n) is 1.94. The first-order valence-electron chi connectivity index (χ1n) is 5.68. The molecule has 92 valence electrons. The van der Waals surface area contributed by atoms with Gasteiger partial charge in [0.05, 0.1) is 0 Å². The molecule has 1 aromatic carbocycles. The van der Waals surface area contributed by atoms with E-state index < -0.39 is 6.09 Å². The third kappa shape index (κ3) is 3.10. The predicted molar refractivity (Wildman–Crippen MR) is 67.8 cm³/mol. The maximum atomic E-state index is 10.5. The van der Waals surface area contributed by atoms with Crippen LogP contribution in [0.2, 0.25) is 0 Å². The van der Waals surface area contributed by atoms with Crippen molar-refractivity contribution >= 4 is 17.5 Å². The minimum absolute atomic E-state index is 0.607. The van der Waals surface area contributed by atoms with E-state index in [-0.39, 0.29) is 0 Å². The number of anilines is 2. The highest BCUT2D eigenvalue weighted by molar-refractivity contribution is 5.83. The first-order valence-corrected chi connectivity index (χ1v) is 5.68. The molecule has 0 spiro atoms. The van der Waals surface area contributed by atoms with E-state index in [1.54, 1.807) is 12.1 Å². The monoisotopic (exact) mass is 235 g/mol. The van der Waals surface area contributed by atoms with E-state index in [0.717, 1.165) is 31.9 Å². The molecule has 1 saturated heterocycles. The summed E-state index contributed by atoms with van der Waals surface area (Å²) >= 11 is 0. The van der Waals surface area contributed by atoms with E-state index in [1.807, 2.05) is 12.1 Å². The summed E-state index contributed by atoms with van der Waals surface area (Å²) in [5, 5.41) is 10.9. The summed E-state index contributed by atoms with van der Waals surface area (Å²) in [4.78, 5) is 15.1. The van der Waals surface area contributed by atoms with Crippen molar-refractivity contribution in [2.75, 3.05) is 43.4 Å². The lowest BCUT2D eigenvalue weighted by Crippen LogP contribution is -2.44. The summed E-state index contributed by atoms with van der Waals surface area (Å²) in [6.07, 6.45) is -1.03. The molecule has 0 unspecified atom stereocenters. The molecule has 1 aromatic rings. The van der Waals surface area contributed by atoms with Crippen LogP contribution in [0.3, 0.4) is 0 Å². The molecule has 2 rings (SSSR count). The number of piperazine rings is 1. The average molecular weight is 235 g/mol. The molecule has 1 fully saturated rings. The van der Waals surface area contributed by atoms with Gasteiger partial charge in [0.15, 0.2) is 0 Å². The summed E-state index contributed by atoms with van der Waals surface area (Å²) in [7, 11) is 2.12. The van der Waals surface area contributed by atoms with Crippen LogP contribution in [0.1, 0.15) is 0 Å². The van der Waals surface area contributed by atoms with Crippen molar-refractivity contribution in [3.05, 3.63) is 24.3 Å². The number of benzene rings is 1. The van der Waals surface area contributed by atoms with Gasteiger partial charge in [-0.15, -0.1) is 0 Å². The highest BCUT2D eigenvalue weighted by atomic mass is 16.4. The Bertz CT molecular complexity index is 383. The zero-order chi connectivity index (χ0) is 12.3. The lowest BCUT2D eigenvalue weighted by Gasteiger charge is -2.34. The van der Waals surface area contributed by atoms with Gasteiger partial charge in [-0.25, -0.2) is 4.79 Å². The smallest absolute Gasteiger partial charge is 0.409 e. The maximum Gasteiger partial charge on any atom is 0.409 e. The van der Waals surface area contributed by atoms with E-state index in [1.165, 1.54) is 0 Å². The van der Waals surface area contributed by atoms with E-state index >= 15 is 0 Å². The summed E-state index contributed by atoms with van der Waals surface area (Å²) in [5.74, 6) is 0. The van der Waals surface area contributed by atoms with E-state index in [0.29, 0.717) is 5.69 Å². The number of hydrogen-bond donors (Lipinski definition) is 2. The fourth-order valence-corrected chi connectivity index (χ4v) is 1.94. The lowest BCUT2D eigenvalue weighted by molar-refractivity contribution is 0.210. The van der Waals surface area contributed by atoms with Crippen molar-refractivity contribution < 1.29 is 9.90 Å². The summed E-state index contributed by atoms with van der Waals surface area (Å²) in [5.41, 5.74) is 1.75. The average Bonchev–Trinajstić information content (AvgIpc) is 2.30. The van der Waals surface area contributed by atoms with Gasteiger partial charge in [0.2, 0.25) is 0 Å². The van der Waals surface area contributed by atoms with Crippen LogP contribution in [0.5, 0.6) is 0 Å². The van der Waals surface area contributed by atoms with Crippen molar-refractivity contribution in [1.29, 1.82) is 0 Å². The predicted octanol–water partition coefficient (Wildman–Crippen LogP) is 1.53. The number of carboxylic acid groups (broad SMARTS) is 1. The number of amides is 1. The maximum absolute atomic E-state index is 10.5. The topological polar surface area (TPSA) is 55.8 Å². The Labute approximate surface area is 101 Å². The Morgan fingerprint density at radius 3 is 2.29 bits per heavy atom. The normalized spacial score (nSPS) is 16.9. The molecule has 1 heterocycles. The zero-order valence-electron chi connectivity index (χ0n) is 9.89. The molecule has 1 amide bonds. The summed E-state index contributed by atoms with van der Waals surface area (Å²) < 4.78 is 0. The van der Waals surface area contributed by atoms with Crippen LogP contribution >= 0.6 is 0 Å². The quantitative estimate of drug-likeness (QED) is 0.816. The summed E-state index contributed by atoms with van der Waals surface area (Å²) in [6.45, 7) is 4.16. The van der Waals surface area contributed by atoms with E-state index in [2.05, 4.69) is 22.2 Å². The number of carbonyl (C=O) groups is 1. The molecule has 1 aliphatic rings. The van der Waals surface area contributed by atoms with Crippen molar-refractivity contribution in [3.8, 4) is 0 Å². The second-order valence-corrected chi connectivity index (χ2v) is 4.27. The van der Waals surface area contributed by atoms with Crippen LogP contribution in [-0.4, -0.2) is 49.3 Å². The molecule has 1 aliphatic heterocycles. The van der Waals surface area contributed by atoms with E-state index in [4.69, 9.17) is 5.11 Å². The molecule has 0 atom stereocenters. The van der Waals surface area contributed by atoms with Gasteiger partial charge in [-0.3, -0.25) is 5.32 Å². The Hall–Kier alpha value is -1.75. The molecule has 17 heavy (non-hydrogen) atoms. The van der Waals surface area contributed by atoms with Crippen LogP contribution in [0.15, 0.2) is 24.3 Å².